The van der Waals surface area contributed by atoms with Crippen molar-refractivity contribution in [1.29, 1.82) is 0 Å². The van der Waals surface area contributed by atoms with E-state index in [0.29, 0.717) is 26.1 Å². The Morgan fingerprint density at radius 2 is 0.662 bits per heavy atom. The molecule has 0 N–H and O–H groups in total. The molecule has 0 heterocycles. The van der Waals surface area contributed by atoms with Gasteiger partial charge in [0.15, 0.2) is 0 Å². The zero-order valence-corrected chi connectivity index (χ0v) is 45.2. The van der Waals surface area contributed by atoms with Crippen LogP contribution < -0.4 is 10.2 Å². The van der Waals surface area contributed by atoms with Gasteiger partial charge in [0.25, 0.3) is 0 Å². The zero-order valence-electron chi connectivity index (χ0n) is 40.8. The number of esters is 2. The maximum absolute atomic E-state index is 11.4. The van der Waals surface area contributed by atoms with Crippen molar-refractivity contribution in [2.24, 2.45) is 0 Å². The summed E-state index contributed by atoms with van der Waals surface area (Å²) >= 11 is 0. The summed E-state index contributed by atoms with van der Waals surface area (Å²) in [5, 5.41) is 20.8. The number of rotatable bonds is 42. The Bertz CT molecular complexity index is 1290. The number of carbonyl (C=O) groups excluding carboxylic acids is 4. The Morgan fingerprint density at radius 3 is 0.938 bits per heavy atom. The van der Waals surface area contributed by atoms with Gasteiger partial charge < -0.3 is 38.7 Å². The molecule has 2 aromatic carbocycles. The van der Waals surface area contributed by atoms with E-state index >= 15 is 0 Å². The number of ether oxygens (including phenoxy) is 4. The fourth-order valence-electron chi connectivity index (χ4n) is 7.79. The third-order valence-electron chi connectivity index (χ3n) is 11.3. The van der Waals surface area contributed by atoms with E-state index in [2.05, 4.69) is 24.3 Å². The van der Waals surface area contributed by atoms with E-state index in [1.807, 2.05) is 36.4 Å². The van der Waals surface area contributed by atoms with E-state index in [1.54, 1.807) is 0 Å². The van der Waals surface area contributed by atoms with E-state index in [4.69, 9.17) is 18.9 Å². The maximum atomic E-state index is 11.4. The first-order chi connectivity index (χ1) is 31.2. The van der Waals surface area contributed by atoms with Crippen LogP contribution in [0.3, 0.4) is 0 Å². The predicted octanol–water partition coefficient (Wildman–Crippen LogP) is 11.1. The smallest absolute Gasteiger partial charge is 0.550 e. The molecular weight excluding hydrogens is 946 g/mol. The number of hydrogen-bond donors (Lipinski definition) is 0. The second-order valence-electron chi connectivity index (χ2n) is 17.4. The molecule has 0 aliphatic heterocycles. The Morgan fingerprint density at radius 1 is 0.400 bits per heavy atom. The van der Waals surface area contributed by atoms with Crippen molar-refractivity contribution in [1.82, 2.24) is 0 Å². The van der Waals surface area contributed by atoms with Gasteiger partial charge in [0.2, 0.25) is 0 Å². The van der Waals surface area contributed by atoms with Gasteiger partial charge in [0.05, 0.1) is 13.2 Å². The molecule has 0 bridgehead atoms. The molecule has 11 heteroatoms. The first-order valence-electron chi connectivity index (χ1n) is 25.1. The number of hydrogen-bond acceptors (Lipinski definition) is 10. The molecule has 65 heavy (non-hydrogen) atoms. The van der Waals surface area contributed by atoms with Gasteiger partial charge in [0, 0.05) is 39.0 Å². The van der Waals surface area contributed by atoms with E-state index in [1.165, 1.54) is 89.2 Å². The molecule has 10 nitrogen and oxygen atoms in total. The van der Waals surface area contributed by atoms with Crippen LogP contribution in [0.4, 0.5) is 0 Å². The van der Waals surface area contributed by atoms with Crippen LogP contribution in [-0.2, 0) is 51.3 Å². The molecule has 2 atom stereocenters. The molecule has 0 saturated heterocycles. The third kappa shape index (κ3) is 45.4. The number of unbranched alkanes of at least 4 members (excludes halogenated alkanes) is 20. The SMILES string of the molecule is CC(=O)OC(CCCCCCCCCOCc1ccccc1)CCCCCCCC(=O)[O-].CC(=O)OC(CCCCCCCCCOCc1ccccc1)CCCCCCCC(=O)[O-].[Ba+2]. The predicted molar refractivity (Wildman–Crippen MR) is 258 cm³/mol. The molecule has 0 radical (unpaired) electrons. The summed E-state index contributed by atoms with van der Waals surface area (Å²) in [5.74, 6) is -2.32. The first kappa shape index (κ1) is 62.8. The molecule has 0 amide bonds. The summed E-state index contributed by atoms with van der Waals surface area (Å²) in [5.41, 5.74) is 2.46. The topological polar surface area (TPSA) is 151 Å². The second kappa shape index (κ2) is 46.9. The standard InChI is InChI=1S/2C27H44O5.Ba/c2*1-24(28)32-26(20-14-7-5-8-15-21-27(29)30)19-13-6-3-2-4-9-16-22-31-23-25-17-11-10-12-18-25;/h2*10-12,17-18,26H,2-9,13-16,19-23H2,1H3,(H,29,30);/q;;+2/p-2. The average molecular weight is 1030 g/mol. The number of benzene rings is 2. The minimum Gasteiger partial charge on any atom is -0.550 e. The van der Waals surface area contributed by atoms with Gasteiger partial charge in [-0.05, 0) is 101 Å². The van der Waals surface area contributed by atoms with E-state index in [9.17, 15) is 29.4 Å². The Kier molecular flexibility index (Phi) is 45.3. The summed E-state index contributed by atoms with van der Waals surface area (Å²) in [6.45, 7) is 6.03. The van der Waals surface area contributed by atoms with E-state index < -0.39 is 11.9 Å². The summed E-state index contributed by atoms with van der Waals surface area (Å²) in [4.78, 5) is 43.5. The van der Waals surface area contributed by atoms with Crippen molar-refractivity contribution in [3.05, 3.63) is 71.8 Å². The molecule has 0 saturated carbocycles. The summed E-state index contributed by atoms with van der Waals surface area (Å²) in [6.07, 6.45) is 30.2. The van der Waals surface area contributed by atoms with Gasteiger partial charge >= 0.3 is 60.8 Å². The van der Waals surface area contributed by atoms with E-state index in [0.717, 1.165) is 116 Å². The number of carboxylic acids is 2. The summed E-state index contributed by atoms with van der Waals surface area (Å²) < 4.78 is 22.4. The van der Waals surface area contributed by atoms with Crippen molar-refractivity contribution in [3.8, 4) is 0 Å². The molecule has 0 aliphatic carbocycles. The fourth-order valence-corrected chi connectivity index (χ4v) is 7.79. The van der Waals surface area contributed by atoms with Gasteiger partial charge in [-0.3, -0.25) is 9.59 Å². The molecule has 0 aliphatic rings. The fraction of sp³-hybridized carbons (Fsp3) is 0.704. The zero-order chi connectivity index (χ0) is 46.6. The Hall–Kier alpha value is -2.19. The third-order valence-corrected chi connectivity index (χ3v) is 11.3. The first-order valence-corrected chi connectivity index (χ1v) is 25.1. The van der Waals surface area contributed by atoms with Crippen LogP contribution in [0.5, 0.6) is 0 Å². The van der Waals surface area contributed by atoms with E-state index in [-0.39, 0.29) is 85.9 Å². The number of aliphatic carboxylic acids is 2. The van der Waals surface area contributed by atoms with Crippen LogP contribution in [-0.4, -0.2) is 98.2 Å². The molecule has 0 aromatic heterocycles. The van der Waals surface area contributed by atoms with Crippen LogP contribution in [0, 0.1) is 0 Å². The quantitative estimate of drug-likeness (QED) is 0.0357. The van der Waals surface area contributed by atoms with Crippen LogP contribution in [0.2, 0.25) is 0 Å². The van der Waals surface area contributed by atoms with Crippen molar-refractivity contribution >= 4 is 72.8 Å². The van der Waals surface area contributed by atoms with Gasteiger partial charge in [-0.15, -0.1) is 0 Å². The minimum absolute atomic E-state index is 0. The largest absolute Gasteiger partial charge is 2.00 e. The molecular formula is C54H86BaO10. The normalized spacial score (nSPS) is 11.7. The summed E-state index contributed by atoms with van der Waals surface area (Å²) in [6, 6.07) is 20.6. The van der Waals surface area contributed by atoms with Gasteiger partial charge in [-0.25, -0.2) is 0 Å². The molecule has 0 fully saturated rings. The average Bonchev–Trinajstić information content (AvgIpc) is 3.26. The van der Waals surface area contributed by atoms with Crippen molar-refractivity contribution in [2.45, 2.75) is 232 Å². The molecule has 0 spiro atoms. The molecule has 2 rings (SSSR count). The van der Waals surface area contributed by atoms with Crippen LogP contribution in [0.1, 0.15) is 218 Å². The Balaban J connectivity index is 0.00000124. The second-order valence-corrected chi connectivity index (χ2v) is 17.4. The number of carboxylic acid groups (broad SMARTS) is 2. The molecule has 2 unspecified atom stereocenters. The van der Waals surface area contributed by atoms with Crippen molar-refractivity contribution in [2.75, 3.05) is 13.2 Å². The van der Waals surface area contributed by atoms with Crippen molar-refractivity contribution < 1.29 is 48.3 Å². The van der Waals surface area contributed by atoms with Crippen LogP contribution >= 0.6 is 0 Å². The Labute approximate surface area is 434 Å². The number of carbonyl (C=O) groups is 4. The maximum Gasteiger partial charge on any atom is 2.00 e. The van der Waals surface area contributed by atoms with Crippen molar-refractivity contribution in [3.63, 3.8) is 0 Å². The molecule has 364 valence electrons. The van der Waals surface area contributed by atoms with Gasteiger partial charge in [-0.2, -0.15) is 0 Å². The van der Waals surface area contributed by atoms with Gasteiger partial charge in [0.1, 0.15) is 12.2 Å². The monoisotopic (exact) mass is 1030 g/mol. The minimum atomic E-state index is -0.965. The van der Waals surface area contributed by atoms with Crippen LogP contribution in [0.25, 0.3) is 0 Å². The van der Waals surface area contributed by atoms with Crippen LogP contribution in [0.15, 0.2) is 60.7 Å². The molecule has 2 aromatic rings. The summed E-state index contributed by atoms with van der Waals surface area (Å²) in [7, 11) is 0. The van der Waals surface area contributed by atoms with Gasteiger partial charge in [-0.1, -0.05) is 163 Å².